The Morgan fingerprint density at radius 2 is 1.61 bits per heavy atom. The van der Waals surface area contributed by atoms with Crippen molar-refractivity contribution in [2.24, 2.45) is 5.92 Å². The number of benzene rings is 3. The Balaban J connectivity index is 1.72. The number of amides is 1. The molecule has 0 bridgehead atoms. The van der Waals surface area contributed by atoms with E-state index in [4.69, 9.17) is 9.84 Å². The van der Waals surface area contributed by atoms with E-state index in [1.807, 2.05) is 51.1 Å². The lowest BCUT2D eigenvalue weighted by Gasteiger charge is -2.24. The van der Waals surface area contributed by atoms with Crippen molar-refractivity contribution in [1.29, 1.82) is 0 Å². The Labute approximate surface area is 208 Å². The summed E-state index contributed by atoms with van der Waals surface area (Å²) >= 11 is 0. The maximum absolute atomic E-state index is 12.4. The van der Waals surface area contributed by atoms with Gasteiger partial charge in [-0.25, -0.2) is 0 Å². The summed E-state index contributed by atoms with van der Waals surface area (Å²) in [5.41, 5.74) is 4.01. The molecule has 3 aromatic rings. The highest BCUT2D eigenvalue weighted by atomic mass is 19.4. The fraction of sp³-hybridized carbons (Fsp3) is 0.321. The van der Waals surface area contributed by atoms with E-state index in [9.17, 15) is 18.0 Å². The van der Waals surface area contributed by atoms with E-state index in [0.29, 0.717) is 24.3 Å². The summed E-state index contributed by atoms with van der Waals surface area (Å²) < 4.78 is 47.5. The molecule has 0 saturated heterocycles. The molecule has 0 spiro atoms. The van der Waals surface area contributed by atoms with Crippen molar-refractivity contribution in [2.75, 3.05) is 13.2 Å². The standard InChI is InChI=1S/C28H30F3NO4/c1-18(2)26(21-5-7-22(8-6-21)27(34)32-15-4-16-33)35-24-13-14-25(19(3)17-24)20-9-11-23(12-10-20)36-28(29,30)31/h5-14,17-18,26,33H,4,15-16H2,1-3H3,(H,32,34). The molecule has 3 aromatic carbocycles. The number of rotatable bonds is 10. The smallest absolute Gasteiger partial charge is 0.485 e. The van der Waals surface area contributed by atoms with Crippen LogP contribution in [0.15, 0.2) is 66.7 Å². The van der Waals surface area contributed by atoms with Gasteiger partial charge in [-0.2, -0.15) is 0 Å². The van der Waals surface area contributed by atoms with Crippen molar-refractivity contribution in [1.82, 2.24) is 5.32 Å². The minimum absolute atomic E-state index is 0.0241. The predicted molar refractivity (Wildman–Crippen MR) is 132 cm³/mol. The molecule has 1 amide bonds. The molecule has 0 fully saturated rings. The molecule has 1 atom stereocenters. The summed E-state index contributed by atoms with van der Waals surface area (Å²) in [7, 11) is 0. The van der Waals surface area contributed by atoms with Crippen molar-refractivity contribution < 1.29 is 32.5 Å². The first-order valence-corrected chi connectivity index (χ1v) is 11.7. The number of hydrogen-bond acceptors (Lipinski definition) is 4. The van der Waals surface area contributed by atoms with Gasteiger partial charge in [-0.05, 0) is 77.9 Å². The number of carbonyl (C=O) groups is 1. The van der Waals surface area contributed by atoms with E-state index < -0.39 is 6.36 Å². The van der Waals surface area contributed by atoms with Crippen molar-refractivity contribution in [3.8, 4) is 22.6 Å². The highest BCUT2D eigenvalue weighted by molar-refractivity contribution is 5.94. The normalized spacial score (nSPS) is 12.3. The number of ether oxygens (including phenoxy) is 2. The van der Waals surface area contributed by atoms with E-state index in [-0.39, 0.29) is 30.3 Å². The van der Waals surface area contributed by atoms with Gasteiger partial charge in [-0.3, -0.25) is 4.79 Å². The number of aliphatic hydroxyl groups is 1. The first-order valence-electron chi connectivity index (χ1n) is 11.7. The maximum Gasteiger partial charge on any atom is 0.573 e. The zero-order valence-corrected chi connectivity index (χ0v) is 20.4. The topological polar surface area (TPSA) is 67.8 Å². The van der Waals surface area contributed by atoms with Crippen molar-refractivity contribution in [2.45, 2.75) is 39.7 Å². The molecule has 0 heterocycles. The second kappa shape index (κ2) is 11.9. The van der Waals surface area contributed by atoms with Gasteiger partial charge in [-0.15, -0.1) is 13.2 Å². The van der Waals surface area contributed by atoms with Gasteiger partial charge < -0.3 is 19.9 Å². The Kier molecular flexibility index (Phi) is 8.98. The van der Waals surface area contributed by atoms with Crippen LogP contribution in [0.5, 0.6) is 11.5 Å². The number of carbonyl (C=O) groups excluding carboxylic acids is 1. The first-order chi connectivity index (χ1) is 17.1. The molecule has 0 aliphatic heterocycles. The lowest BCUT2D eigenvalue weighted by molar-refractivity contribution is -0.274. The van der Waals surface area contributed by atoms with Gasteiger partial charge >= 0.3 is 6.36 Å². The SMILES string of the molecule is Cc1cc(OC(c2ccc(C(=O)NCCCO)cc2)C(C)C)ccc1-c1ccc(OC(F)(F)F)cc1. The largest absolute Gasteiger partial charge is 0.573 e. The number of halogens is 3. The van der Waals surface area contributed by atoms with Gasteiger partial charge in [0.2, 0.25) is 0 Å². The molecule has 0 aliphatic rings. The monoisotopic (exact) mass is 501 g/mol. The second-order valence-electron chi connectivity index (χ2n) is 8.79. The number of nitrogens with one attached hydrogen (secondary N) is 1. The molecule has 3 rings (SSSR count). The van der Waals surface area contributed by atoms with Crippen LogP contribution in [-0.4, -0.2) is 30.5 Å². The minimum Gasteiger partial charge on any atom is -0.485 e. The summed E-state index contributed by atoms with van der Waals surface area (Å²) in [6, 6.07) is 18.6. The van der Waals surface area contributed by atoms with Crippen LogP contribution < -0.4 is 14.8 Å². The third-order valence-corrected chi connectivity index (χ3v) is 5.59. The van der Waals surface area contributed by atoms with Crippen LogP contribution in [0.4, 0.5) is 13.2 Å². The van der Waals surface area contributed by atoms with Crippen LogP contribution >= 0.6 is 0 Å². The quantitative estimate of drug-likeness (QED) is 0.314. The van der Waals surface area contributed by atoms with Crippen LogP contribution in [-0.2, 0) is 0 Å². The van der Waals surface area contributed by atoms with E-state index in [1.54, 1.807) is 24.3 Å². The molecule has 36 heavy (non-hydrogen) atoms. The van der Waals surface area contributed by atoms with Crippen LogP contribution in [0.3, 0.4) is 0 Å². The van der Waals surface area contributed by atoms with Gasteiger partial charge in [0.05, 0.1) is 0 Å². The third-order valence-electron chi connectivity index (χ3n) is 5.59. The Hall–Kier alpha value is -3.52. The minimum atomic E-state index is -4.73. The lowest BCUT2D eigenvalue weighted by Crippen LogP contribution is -2.25. The molecule has 0 aliphatic carbocycles. The average Bonchev–Trinajstić information content (AvgIpc) is 2.82. The van der Waals surface area contributed by atoms with E-state index in [1.165, 1.54) is 12.1 Å². The van der Waals surface area contributed by atoms with Crippen LogP contribution in [0.1, 0.15) is 47.9 Å². The Bertz CT molecular complexity index is 1140. The molecular formula is C28H30F3NO4. The van der Waals surface area contributed by atoms with E-state index in [2.05, 4.69) is 10.1 Å². The highest BCUT2D eigenvalue weighted by Crippen LogP contribution is 2.33. The summed E-state index contributed by atoms with van der Waals surface area (Å²) in [6.07, 6.45) is -4.47. The summed E-state index contributed by atoms with van der Waals surface area (Å²) in [5.74, 6) is 0.353. The molecule has 0 radical (unpaired) electrons. The Morgan fingerprint density at radius 1 is 0.972 bits per heavy atom. The van der Waals surface area contributed by atoms with Crippen molar-refractivity contribution in [3.05, 3.63) is 83.4 Å². The summed E-state index contributed by atoms with van der Waals surface area (Å²) in [5, 5.41) is 11.6. The van der Waals surface area contributed by atoms with Gasteiger partial charge in [0.15, 0.2) is 0 Å². The summed E-state index contributed by atoms with van der Waals surface area (Å²) in [4.78, 5) is 12.2. The maximum atomic E-state index is 12.4. The van der Waals surface area contributed by atoms with Gasteiger partial charge in [-0.1, -0.05) is 44.2 Å². The average molecular weight is 502 g/mol. The molecule has 2 N–H and O–H groups in total. The van der Waals surface area contributed by atoms with E-state index >= 15 is 0 Å². The lowest BCUT2D eigenvalue weighted by atomic mass is 9.97. The van der Waals surface area contributed by atoms with Crippen molar-refractivity contribution >= 4 is 5.91 Å². The highest BCUT2D eigenvalue weighted by Gasteiger charge is 2.31. The zero-order chi connectivity index (χ0) is 26.3. The molecule has 0 aromatic heterocycles. The second-order valence-corrected chi connectivity index (χ2v) is 8.79. The number of aliphatic hydroxyl groups excluding tert-OH is 1. The Morgan fingerprint density at radius 3 is 2.17 bits per heavy atom. The molecular weight excluding hydrogens is 471 g/mol. The van der Waals surface area contributed by atoms with Gasteiger partial charge in [0, 0.05) is 18.7 Å². The number of alkyl halides is 3. The van der Waals surface area contributed by atoms with Gasteiger partial charge in [0.25, 0.3) is 5.91 Å². The fourth-order valence-electron chi connectivity index (χ4n) is 3.81. The number of hydrogen-bond donors (Lipinski definition) is 2. The van der Waals surface area contributed by atoms with E-state index in [0.717, 1.165) is 22.3 Å². The predicted octanol–water partition coefficient (Wildman–Crippen LogP) is 6.45. The third kappa shape index (κ3) is 7.49. The van der Waals surface area contributed by atoms with Crippen molar-refractivity contribution in [3.63, 3.8) is 0 Å². The van der Waals surface area contributed by atoms with Gasteiger partial charge in [0.1, 0.15) is 17.6 Å². The molecule has 8 heteroatoms. The molecule has 5 nitrogen and oxygen atoms in total. The van der Waals surface area contributed by atoms with Crippen LogP contribution in [0.25, 0.3) is 11.1 Å². The molecule has 1 unspecified atom stereocenters. The first kappa shape index (κ1) is 27.1. The van der Waals surface area contributed by atoms with Crippen LogP contribution in [0, 0.1) is 12.8 Å². The number of aryl methyl sites for hydroxylation is 1. The van der Waals surface area contributed by atoms with Crippen LogP contribution in [0.2, 0.25) is 0 Å². The fourth-order valence-corrected chi connectivity index (χ4v) is 3.81. The molecule has 0 saturated carbocycles. The zero-order valence-electron chi connectivity index (χ0n) is 20.4. The molecule has 192 valence electrons. The summed E-state index contributed by atoms with van der Waals surface area (Å²) in [6.45, 7) is 6.45.